The smallest absolute Gasteiger partial charge is 0.211 e. The molecule has 0 heterocycles. The van der Waals surface area contributed by atoms with Gasteiger partial charge in [0.2, 0.25) is 10.0 Å². The zero-order chi connectivity index (χ0) is 12.0. The number of sulfonamides is 1. The minimum atomic E-state index is -3.10. The highest BCUT2D eigenvalue weighted by Crippen LogP contribution is 2.27. The third-order valence-electron chi connectivity index (χ3n) is 3.27. The van der Waals surface area contributed by atoms with Gasteiger partial charge < -0.3 is 0 Å². The quantitative estimate of drug-likeness (QED) is 0.569. The molecular weight excluding hydrogens is 246 g/mol. The van der Waals surface area contributed by atoms with E-state index in [0.717, 1.165) is 19.3 Å². The molecule has 0 radical (unpaired) electrons. The summed E-state index contributed by atoms with van der Waals surface area (Å²) < 4.78 is 26.2. The van der Waals surface area contributed by atoms with Crippen LogP contribution in [0.25, 0.3) is 0 Å². The van der Waals surface area contributed by atoms with Crippen LogP contribution in [0.1, 0.15) is 45.4 Å². The highest BCUT2D eigenvalue weighted by atomic mass is 35.5. The fourth-order valence-corrected chi connectivity index (χ4v) is 3.93. The van der Waals surface area contributed by atoms with Gasteiger partial charge in [0.15, 0.2) is 0 Å². The first-order valence-corrected chi connectivity index (χ1v) is 8.30. The van der Waals surface area contributed by atoms with Crippen molar-refractivity contribution in [2.75, 3.05) is 11.6 Å². The molecule has 0 aliphatic heterocycles. The summed E-state index contributed by atoms with van der Waals surface area (Å²) in [5.41, 5.74) is 0. The van der Waals surface area contributed by atoms with Crippen LogP contribution in [0.5, 0.6) is 0 Å². The fourth-order valence-electron chi connectivity index (χ4n) is 2.28. The maximum atomic E-state index is 11.7. The molecule has 16 heavy (non-hydrogen) atoms. The molecule has 1 aliphatic rings. The van der Waals surface area contributed by atoms with Crippen LogP contribution < -0.4 is 4.72 Å². The molecule has 1 aliphatic carbocycles. The Kier molecular flexibility index (Phi) is 6.08. The number of nitrogens with one attached hydrogen (secondary N) is 1. The van der Waals surface area contributed by atoms with Gasteiger partial charge in [-0.15, -0.1) is 11.6 Å². The lowest BCUT2D eigenvalue weighted by Gasteiger charge is -2.20. The van der Waals surface area contributed by atoms with Crippen LogP contribution in [-0.2, 0) is 10.0 Å². The monoisotopic (exact) mass is 267 g/mol. The Morgan fingerprint density at radius 1 is 1.31 bits per heavy atom. The number of unbranched alkanes of at least 4 members (excludes halogenated alkanes) is 1. The van der Waals surface area contributed by atoms with Gasteiger partial charge in [-0.1, -0.05) is 12.8 Å². The van der Waals surface area contributed by atoms with E-state index in [1.54, 1.807) is 0 Å². The Morgan fingerprint density at radius 2 is 1.94 bits per heavy atom. The normalized spacial score (nSPS) is 20.1. The maximum absolute atomic E-state index is 11.7. The summed E-state index contributed by atoms with van der Waals surface area (Å²) in [7, 11) is -3.10. The van der Waals surface area contributed by atoms with E-state index in [0.29, 0.717) is 18.2 Å². The summed E-state index contributed by atoms with van der Waals surface area (Å²) >= 11 is 5.52. The third-order valence-corrected chi connectivity index (χ3v) is 5.09. The summed E-state index contributed by atoms with van der Waals surface area (Å²) in [6.45, 7) is 1.98. The highest BCUT2D eigenvalue weighted by Gasteiger charge is 2.24. The van der Waals surface area contributed by atoms with Crippen molar-refractivity contribution in [1.29, 1.82) is 0 Å². The van der Waals surface area contributed by atoms with Crippen LogP contribution in [0.4, 0.5) is 0 Å². The Hall–Kier alpha value is 0.200. The molecule has 96 valence electrons. The van der Waals surface area contributed by atoms with Gasteiger partial charge in [0.1, 0.15) is 0 Å². The standard InChI is InChI=1S/C11H22ClNO2S/c1-10(11-6-2-3-7-11)13-16(14,15)9-5-4-8-12/h10-11,13H,2-9H2,1H3/t10-/m1/s1. The number of hydrogen-bond donors (Lipinski definition) is 1. The van der Waals surface area contributed by atoms with E-state index in [4.69, 9.17) is 11.6 Å². The molecule has 5 heteroatoms. The highest BCUT2D eigenvalue weighted by molar-refractivity contribution is 7.89. The van der Waals surface area contributed by atoms with Gasteiger partial charge in [0, 0.05) is 11.9 Å². The molecule has 3 nitrogen and oxygen atoms in total. The lowest BCUT2D eigenvalue weighted by atomic mass is 10.0. The largest absolute Gasteiger partial charge is 0.212 e. The van der Waals surface area contributed by atoms with Crippen molar-refractivity contribution in [2.45, 2.75) is 51.5 Å². The molecule has 1 N–H and O–H groups in total. The molecule has 0 aromatic heterocycles. The Labute approximate surface area is 104 Å². The molecule has 0 aromatic rings. The summed E-state index contributed by atoms with van der Waals surface area (Å²) in [5.74, 6) is 1.27. The van der Waals surface area contributed by atoms with Crippen LogP contribution in [-0.4, -0.2) is 26.1 Å². The second-order valence-corrected chi connectivity index (χ2v) is 6.92. The molecule has 0 spiro atoms. The molecule has 0 aromatic carbocycles. The van der Waals surface area contributed by atoms with E-state index in [-0.39, 0.29) is 11.8 Å². The van der Waals surface area contributed by atoms with Crippen LogP contribution in [0, 0.1) is 5.92 Å². The van der Waals surface area contributed by atoms with Gasteiger partial charge in [-0.3, -0.25) is 0 Å². The third kappa shape index (κ3) is 5.02. The van der Waals surface area contributed by atoms with Crippen molar-refractivity contribution >= 4 is 21.6 Å². The molecule has 0 amide bonds. The van der Waals surface area contributed by atoms with Crippen LogP contribution >= 0.6 is 11.6 Å². The van der Waals surface area contributed by atoms with Gasteiger partial charge >= 0.3 is 0 Å². The number of rotatable bonds is 7. The Morgan fingerprint density at radius 3 is 2.50 bits per heavy atom. The predicted molar refractivity (Wildman–Crippen MR) is 68.3 cm³/mol. The SMILES string of the molecule is C[C@@H](NS(=O)(=O)CCCCCl)C1CCCC1. The average Bonchev–Trinajstić information content (AvgIpc) is 2.69. The molecule has 1 fully saturated rings. The first kappa shape index (κ1) is 14.3. The molecule has 1 atom stereocenters. The van der Waals surface area contributed by atoms with E-state index in [9.17, 15) is 8.42 Å². The van der Waals surface area contributed by atoms with Crippen molar-refractivity contribution < 1.29 is 8.42 Å². The van der Waals surface area contributed by atoms with Gasteiger partial charge in [0.25, 0.3) is 0 Å². The van der Waals surface area contributed by atoms with Crippen molar-refractivity contribution in [3.8, 4) is 0 Å². The van der Waals surface area contributed by atoms with E-state index in [2.05, 4.69) is 4.72 Å². The lowest BCUT2D eigenvalue weighted by molar-refractivity contribution is 0.423. The second kappa shape index (κ2) is 6.82. The Balaban J connectivity index is 2.33. The van der Waals surface area contributed by atoms with E-state index < -0.39 is 10.0 Å². The number of halogens is 1. The summed E-state index contributed by atoms with van der Waals surface area (Å²) in [5, 5.41) is 0. The molecule has 0 saturated heterocycles. The molecular formula is C11H22ClNO2S. The van der Waals surface area contributed by atoms with Crippen LogP contribution in [0.2, 0.25) is 0 Å². The lowest BCUT2D eigenvalue weighted by Crippen LogP contribution is -2.38. The first-order chi connectivity index (χ1) is 7.55. The number of hydrogen-bond acceptors (Lipinski definition) is 2. The Bertz CT molecular complexity index is 286. The molecule has 1 saturated carbocycles. The molecule has 1 rings (SSSR count). The fraction of sp³-hybridized carbons (Fsp3) is 1.00. The van der Waals surface area contributed by atoms with Crippen molar-refractivity contribution in [1.82, 2.24) is 4.72 Å². The second-order valence-electron chi connectivity index (χ2n) is 4.67. The van der Waals surface area contributed by atoms with Crippen molar-refractivity contribution in [2.24, 2.45) is 5.92 Å². The molecule has 0 bridgehead atoms. The van der Waals surface area contributed by atoms with Gasteiger partial charge in [-0.25, -0.2) is 13.1 Å². The zero-order valence-electron chi connectivity index (χ0n) is 9.91. The maximum Gasteiger partial charge on any atom is 0.211 e. The van der Waals surface area contributed by atoms with Gasteiger partial charge in [-0.05, 0) is 38.5 Å². The van der Waals surface area contributed by atoms with E-state index >= 15 is 0 Å². The van der Waals surface area contributed by atoms with Crippen LogP contribution in [0.3, 0.4) is 0 Å². The predicted octanol–water partition coefficient (Wildman–Crippen LogP) is 2.50. The average molecular weight is 268 g/mol. The van der Waals surface area contributed by atoms with E-state index in [1.807, 2.05) is 6.92 Å². The topological polar surface area (TPSA) is 46.2 Å². The summed E-state index contributed by atoms with van der Waals surface area (Å²) in [6.07, 6.45) is 6.21. The van der Waals surface area contributed by atoms with Crippen molar-refractivity contribution in [3.05, 3.63) is 0 Å². The summed E-state index contributed by atoms with van der Waals surface area (Å²) in [4.78, 5) is 0. The zero-order valence-corrected chi connectivity index (χ0v) is 11.5. The molecule has 0 unspecified atom stereocenters. The van der Waals surface area contributed by atoms with Crippen LogP contribution in [0.15, 0.2) is 0 Å². The van der Waals surface area contributed by atoms with Gasteiger partial charge in [0.05, 0.1) is 5.75 Å². The first-order valence-electron chi connectivity index (χ1n) is 6.11. The summed E-state index contributed by atoms with van der Waals surface area (Å²) in [6, 6.07) is 0.0866. The van der Waals surface area contributed by atoms with Gasteiger partial charge in [-0.2, -0.15) is 0 Å². The number of alkyl halides is 1. The minimum absolute atomic E-state index is 0.0866. The minimum Gasteiger partial charge on any atom is -0.212 e. The van der Waals surface area contributed by atoms with E-state index in [1.165, 1.54) is 12.8 Å². The van der Waals surface area contributed by atoms with Crippen molar-refractivity contribution in [3.63, 3.8) is 0 Å².